The van der Waals surface area contributed by atoms with E-state index in [1.165, 1.54) is 18.9 Å². The van der Waals surface area contributed by atoms with Crippen molar-refractivity contribution in [2.75, 3.05) is 26.7 Å². The highest BCUT2D eigenvalue weighted by atomic mass is 16.4. The van der Waals surface area contributed by atoms with Crippen LogP contribution in [0.4, 0.5) is 4.79 Å². The number of rotatable bonds is 2. The lowest BCUT2D eigenvalue weighted by Gasteiger charge is -2.32. The summed E-state index contributed by atoms with van der Waals surface area (Å²) in [4.78, 5) is 36.0. The molecular weight excluding hydrogens is 214 g/mol. The Balaban J connectivity index is 2.62. The average Bonchev–Trinajstić information content (AvgIpc) is 2.26. The van der Waals surface area contributed by atoms with Gasteiger partial charge in [0.15, 0.2) is 0 Å². The highest BCUT2D eigenvalue weighted by Crippen LogP contribution is 2.04. The second kappa shape index (κ2) is 4.82. The van der Waals surface area contributed by atoms with Gasteiger partial charge in [-0.25, -0.2) is 9.59 Å². The Morgan fingerprint density at radius 3 is 2.69 bits per heavy atom. The van der Waals surface area contributed by atoms with Crippen molar-refractivity contribution in [2.24, 2.45) is 0 Å². The summed E-state index contributed by atoms with van der Waals surface area (Å²) in [6, 6.07) is -1.35. The zero-order chi connectivity index (χ0) is 12.3. The van der Waals surface area contributed by atoms with Crippen LogP contribution in [0.25, 0.3) is 0 Å². The molecule has 0 spiro atoms. The topological polar surface area (TPSA) is 89.9 Å². The summed E-state index contributed by atoms with van der Waals surface area (Å²) < 4.78 is 0. The molecule has 0 radical (unpaired) electrons. The zero-order valence-corrected chi connectivity index (χ0v) is 9.27. The van der Waals surface area contributed by atoms with E-state index < -0.39 is 18.0 Å². The molecule has 1 aliphatic heterocycles. The lowest BCUT2D eigenvalue weighted by molar-refractivity contribution is -0.141. The van der Waals surface area contributed by atoms with Gasteiger partial charge in [-0.2, -0.15) is 0 Å². The Morgan fingerprint density at radius 2 is 2.19 bits per heavy atom. The van der Waals surface area contributed by atoms with Crippen LogP contribution < -0.4 is 5.32 Å². The van der Waals surface area contributed by atoms with E-state index in [9.17, 15) is 14.4 Å². The molecule has 0 aromatic carbocycles. The van der Waals surface area contributed by atoms with Crippen LogP contribution in [0.2, 0.25) is 0 Å². The maximum absolute atomic E-state index is 11.8. The predicted molar refractivity (Wildman–Crippen MR) is 54.8 cm³/mol. The molecule has 7 heteroatoms. The van der Waals surface area contributed by atoms with Gasteiger partial charge in [-0.15, -0.1) is 0 Å². The first-order chi connectivity index (χ1) is 7.43. The zero-order valence-electron chi connectivity index (χ0n) is 9.27. The number of amides is 3. The Bertz CT molecular complexity index is 312. The quantitative estimate of drug-likeness (QED) is 0.631. The molecule has 90 valence electrons. The van der Waals surface area contributed by atoms with Crippen molar-refractivity contribution in [1.82, 2.24) is 15.1 Å². The molecule has 1 atom stereocenters. The molecule has 0 aromatic rings. The first kappa shape index (κ1) is 12.3. The highest BCUT2D eigenvalue weighted by molar-refractivity contribution is 5.87. The van der Waals surface area contributed by atoms with Gasteiger partial charge in [0.2, 0.25) is 5.91 Å². The Labute approximate surface area is 93.0 Å². The monoisotopic (exact) mass is 229 g/mol. The van der Waals surface area contributed by atoms with E-state index in [4.69, 9.17) is 5.11 Å². The summed E-state index contributed by atoms with van der Waals surface area (Å²) in [7, 11) is 1.41. The van der Waals surface area contributed by atoms with Crippen LogP contribution in [0.15, 0.2) is 0 Å². The van der Waals surface area contributed by atoms with Crippen molar-refractivity contribution in [2.45, 2.75) is 13.0 Å². The lowest BCUT2D eigenvalue weighted by Crippen LogP contribution is -2.55. The molecule has 0 saturated carbocycles. The molecule has 1 unspecified atom stereocenters. The number of nitrogens with one attached hydrogen (secondary N) is 1. The maximum atomic E-state index is 11.8. The van der Waals surface area contributed by atoms with Crippen molar-refractivity contribution >= 4 is 17.9 Å². The minimum Gasteiger partial charge on any atom is -0.480 e. The van der Waals surface area contributed by atoms with Gasteiger partial charge >= 0.3 is 12.0 Å². The van der Waals surface area contributed by atoms with Gasteiger partial charge in [-0.05, 0) is 6.92 Å². The van der Waals surface area contributed by atoms with Crippen molar-refractivity contribution in [1.29, 1.82) is 0 Å². The number of carbonyl (C=O) groups is 3. The molecule has 2 N–H and O–H groups in total. The molecule has 1 heterocycles. The van der Waals surface area contributed by atoms with E-state index >= 15 is 0 Å². The van der Waals surface area contributed by atoms with Gasteiger partial charge in [0.05, 0.1) is 0 Å². The molecule has 16 heavy (non-hydrogen) atoms. The van der Waals surface area contributed by atoms with Crippen molar-refractivity contribution in [3.63, 3.8) is 0 Å². The molecule has 0 aromatic heterocycles. The number of aliphatic carboxylic acids is 1. The third-order valence-electron chi connectivity index (χ3n) is 2.55. The summed E-state index contributed by atoms with van der Waals surface area (Å²) in [6.07, 6.45) is 0. The largest absolute Gasteiger partial charge is 0.480 e. The average molecular weight is 229 g/mol. The minimum absolute atomic E-state index is 0.0183. The van der Waals surface area contributed by atoms with Gasteiger partial charge in [-0.1, -0.05) is 0 Å². The number of likely N-dealkylation sites (N-methyl/N-ethyl adjacent to an activating group) is 1. The highest BCUT2D eigenvalue weighted by Gasteiger charge is 2.28. The fraction of sp³-hybridized carbons (Fsp3) is 0.667. The number of carbonyl (C=O) groups excluding carboxylic acids is 2. The second-order valence-electron chi connectivity index (χ2n) is 3.68. The number of hydrogen-bond donors (Lipinski definition) is 2. The number of hydrogen-bond acceptors (Lipinski definition) is 3. The van der Waals surface area contributed by atoms with Crippen molar-refractivity contribution in [3.8, 4) is 0 Å². The number of nitrogens with zero attached hydrogens (tertiary/aromatic N) is 2. The smallest absolute Gasteiger partial charge is 0.326 e. The molecule has 1 aliphatic rings. The van der Waals surface area contributed by atoms with Crippen molar-refractivity contribution in [3.05, 3.63) is 0 Å². The molecule has 7 nitrogen and oxygen atoms in total. The summed E-state index contributed by atoms with van der Waals surface area (Å²) in [5.74, 6) is -1.30. The Kier molecular flexibility index (Phi) is 3.70. The standard InChI is InChI=1S/C9H15N3O4/c1-6(8(14)15)11(2)9(16)12-4-3-10-7(13)5-12/h6H,3-5H2,1-2H3,(H,10,13)(H,14,15). The van der Waals surface area contributed by atoms with Gasteiger partial charge in [0.1, 0.15) is 12.6 Å². The van der Waals surface area contributed by atoms with Crippen LogP contribution in [-0.2, 0) is 9.59 Å². The van der Waals surface area contributed by atoms with Crippen molar-refractivity contribution < 1.29 is 19.5 Å². The molecule has 1 rings (SSSR count). The molecule has 1 fully saturated rings. The fourth-order valence-electron chi connectivity index (χ4n) is 1.36. The van der Waals surface area contributed by atoms with Gasteiger partial charge < -0.3 is 20.2 Å². The van der Waals surface area contributed by atoms with E-state index in [2.05, 4.69) is 5.32 Å². The third kappa shape index (κ3) is 2.62. The molecule has 1 saturated heterocycles. The van der Waals surface area contributed by atoms with Crippen LogP contribution in [-0.4, -0.2) is 65.5 Å². The molecule has 0 aliphatic carbocycles. The summed E-state index contributed by atoms with van der Waals surface area (Å²) >= 11 is 0. The van der Waals surface area contributed by atoms with Crippen LogP contribution in [0.3, 0.4) is 0 Å². The van der Waals surface area contributed by atoms with Crippen LogP contribution in [0.5, 0.6) is 0 Å². The molecular formula is C9H15N3O4. The minimum atomic E-state index is -1.07. The van der Waals surface area contributed by atoms with E-state index in [0.29, 0.717) is 13.1 Å². The first-order valence-corrected chi connectivity index (χ1v) is 4.94. The van der Waals surface area contributed by atoms with Gasteiger partial charge in [0, 0.05) is 20.1 Å². The van der Waals surface area contributed by atoms with Crippen LogP contribution in [0, 0.1) is 0 Å². The molecule has 0 bridgehead atoms. The number of carboxylic acid groups (broad SMARTS) is 1. The first-order valence-electron chi connectivity index (χ1n) is 4.94. The lowest BCUT2D eigenvalue weighted by atomic mass is 10.3. The predicted octanol–water partition coefficient (Wildman–Crippen LogP) is -1.06. The normalized spacial score (nSPS) is 17.6. The van der Waals surface area contributed by atoms with E-state index in [1.54, 1.807) is 0 Å². The van der Waals surface area contributed by atoms with Crippen LogP contribution in [0.1, 0.15) is 6.92 Å². The second-order valence-corrected chi connectivity index (χ2v) is 3.68. The summed E-state index contributed by atoms with van der Waals surface area (Å²) in [5, 5.41) is 11.4. The fourth-order valence-corrected chi connectivity index (χ4v) is 1.36. The Hall–Kier alpha value is -1.79. The van der Waals surface area contributed by atoms with E-state index in [0.717, 1.165) is 4.90 Å². The molecule has 3 amide bonds. The van der Waals surface area contributed by atoms with Gasteiger partial charge in [0.25, 0.3) is 0 Å². The summed E-state index contributed by atoms with van der Waals surface area (Å²) in [6.45, 7) is 2.21. The Morgan fingerprint density at radius 1 is 1.56 bits per heavy atom. The number of carboxylic acids is 1. The van der Waals surface area contributed by atoms with E-state index in [1.807, 2.05) is 0 Å². The summed E-state index contributed by atoms with van der Waals surface area (Å²) in [5.41, 5.74) is 0. The maximum Gasteiger partial charge on any atom is 0.326 e. The van der Waals surface area contributed by atoms with Crippen LogP contribution >= 0.6 is 0 Å². The number of piperazine rings is 1. The third-order valence-corrected chi connectivity index (χ3v) is 2.55. The number of urea groups is 1. The SMILES string of the molecule is CC(C(=O)O)N(C)C(=O)N1CCNC(=O)C1. The van der Waals surface area contributed by atoms with Gasteiger partial charge in [-0.3, -0.25) is 4.79 Å². The van der Waals surface area contributed by atoms with E-state index in [-0.39, 0.29) is 12.5 Å².